The van der Waals surface area contributed by atoms with Gasteiger partial charge in [0.1, 0.15) is 13.2 Å². The fourth-order valence-corrected chi connectivity index (χ4v) is 2.77. The molecule has 0 aromatic heterocycles. The molecule has 0 saturated heterocycles. The zero-order chi connectivity index (χ0) is 18.2. The molecule has 2 aromatic rings. The number of benzene rings is 2. The third-order valence-corrected chi connectivity index (χ3v) is 4.06. The Balaban J connectivity index is 1.51. The second-order valence-corrected chi connectivity index (χ2v) is 5.96. The highest BCUT2D eigenvalue weighted by atomic mass is 16.6. The molecule has 0 fully saturated rings. The molecule has 5 heteroatoms. The van der Waals surface area contributed by atoms with Gasteiger partial charge in [-0.25, -0.2) is 0 Å². The zero-order valence-corrected chi connectivity index (χ0v) is 14.9. The number of fused-ring (bicyclic) bond motifs is 1. The van der Waals surface area contributed by atoms with Gasteiger partial charge in [0.05, 0.1) is 7.11 Å². The van der Waals surface area contributed by atoms with Gasteiger partial charge in [0.25, 0.3) is 0 Å². The van der Waals surface area contributed by atoms with Crippen molar-refractivity contribution in [2.75, 3.05) is 26.9 Å². The summed E-state index contributed by atoms with van der Waals surface area (Å²) >= 11 is 0. The number of amides is 1. The fraction of sp³-hybridized carbons (Fsp3) is 0.286. The first-order valence-electron chi connectivity index (χ1n) is 8.74. The van der Waals surface area contributed by atoms with Crippen LogP contribution in [0.2, 0.25) is 0 Å². The third-order valence-electron chi connectivity index (χ3n) is 4.06. The Bertz CT molecular complexity index is 754. The van der Waals surface area contributed by atoms with Gasteiger partial charge in [-0.2, -0.15) is 0 Å². The van der Waals surface area contributed by atoms with Crippen LogP contribution in [-0.4, -0.2) is 32.8 Å². The van der Waals surface area contributed by atoms with Crippen LogP contribution in [0.15, 0.2) is 48.5 Å². The average molecular weight is 353 g/mol. The van der Waals surface area contributed by atoms with Crippen molar-refractivity contribution in [3.63, 3.8) is 0 Å². The second kappa shape index (κ2) is 8.94. The molecular formula is C21H23NO4. The zero-order valence-electron chi connectivity index (χ0n) is 14.9. The molecule has 1 amide bonds. The van der Waals surface area contributed by atoms with Crippen LogP contribution in [0, 0.1) is 0 Å². The standard InChI is InChI=1S/C21H23NO4/c1-24-18-14-17(15-19-21(18)26-13-12-25-19)9-10-20(23)22-11-5-8-16-6-3-2-4-7-16/h2-4,6-7,9-10,14-15H,5,8,11-13H2,1H3,(H,22,23). The molecule has 1 aliphatic rings. The largest absolute Gasteiger partial charge is 0.493 e. The predicted molar refractivity (Wildman–Crippen MR) is 101 cm³/mol. The minimum Gasteiger partial charge on any atom is -0.493 e. The Labute approximate surface area is 153 Å². The number of ether oxygens (including phenoxy) is 3. The normalized spacial score (nSPS) is 12.8. The van der Waals surface area contributed by atoms with E-state index in [-0.39, 0.29) is 5.91 Å². The summed E-state index contributed by atoms with van der Waals surface area (Å²) in [5.41, 5.74) is 2.10. The van der Waals surface area contributed by atoms with Gasteiger partial charge in [0.2, 0.25) is 11.7 Å². The van der Waals surface area contributed by atoms with Crippen molar-refractivity contribution < 1.29 is 19.0 Å². The van der Waals surface area contributed by atoms with E-state index in [2.05, 4.69) is 17.4 Å². The molecule has 0 bridgehead atoms. The Morgan fingerprint density at radius 3 is 2.81 bits per heavy atom. The Kier molecular flexibility index (Phi) is 6.14. The molecule has 0 unspecified atom stereocenters. The number of carbonyl (C=O) groups is 1. The highest BCUT2D eigenvalue weighted by Gasteiger charge is 2.17. The molecular weight excluding hydrogens is 330 g/mol. The first-order chi connectivity index (χ1) is 12.8. The van der Waals surface area contributed by atoms with Crippen molar-refractivity contribution in [3.8, 4) is 17.2 Å². The molecule has 0 atom stereocenters. The summed E-state index contributed by atoms with van der Waals surface area (Å²) in [6.45, 7) is 1.65. The molecule has 1 N–H and O–H groups in total. The van der Waals surface area contributed by atoms with Crippen LogP contribution in [0.5, 0.6) is 17.2 Å². The molecule has 1 aliphatic heterocycles. The number of carbonyl (C=O) groups excluding carboxylic acids is 1. The number of methoxy groups -OCH3 is 1. The van der Waals surface area contributed by atoms with Crippen molar-refractivity contribution in [1.29, 1.82) is 0 Å². The molecule has 0 spiro atoms. The first kappa shape index (κ1) is 17.9. The summed E-state index contributed by atoms with van der Waals surface area (Å²) in [4.78, 5) is 12.0. The van der Waals surface area contributed by atoms with E-state index >= 15 is 0 Å². The van der Waals surface area contributed by atoms with Crippen LogP contribution < -0.4 is 19.5 Å². The quantitative estimate of drug-likeness (QED) is 0.613. The minimum atomic E-state index is -0.119. The molecule has 1 heterocycles. The number of hydrogen-bond acceptors (Lipinski definition) is 4. The predicted octanol–water partition coefficient (Wildman–Crippen LogP) is 3.23. The van der Waals surface area contributed by atoms with Gasteiger partial charge in [-0.1, -0.05) is 30.3 Å². The molecule has 0 radical (unpaired) electrons. The van der Waals surface area contributed by atoms with Crippen LogP contribution in [0.4, 0.5) is 0 Å². The fourth-order valence-electron chi connectivity index (χ4n) is 2.77. The maximum Gasteiger partial charge on any atom is 0.243 e. The van der Waals surface area contributed by atoms with Crippen molar-refractivity contribution in [2.45, 2.75) is 12.8 Å². The van der Waals surface area contributed by atoms with Crippen LogP contribution in [0.1, 0.15) is 17.5 Å². The van der Waals surface area contributed by atoms with Crippen LogP contribution in [-0.2, 0) is 11.2 Å². The highest BCUT2D eigenvalue weighted by molar-refractivity contribution is 5.91. The average Bonchev–Trinajstić information content (AvgIpc) is 2.69. The summed E-state index contributed by atoms with van der Waals surface area (Å²) in [7, 11) is 1.58. The summed E-state index contributed by atoms with van der Waals surface area (Å²) in [6.07, 6.45) is 5.12. The van der Waals surface area contributed by atoms with Crippen LogP contribution >= 0.6 is 0 Å². The van der Waals surface area contributed by atoms with Crippen LogP contribution in [0.25, 0.3) is 6.08 Å². The molecule has 136 valence electrons. The van der Waals surface area contributed by atoms with Gasteiger partial charge >= 0.3 is 0 Å². The smallest absolute Gasteiger partial charge is 0.243 e. The van der Waals surface area contributed by atoms with Crippen molar-refractivity contribution in [1.82, 2.24) is 5.32 Å². The Hall–Kier alpha value is -2.95. The summed E-state index contributed by atoms with van der Waals surface area (Å²) < 4.78 is 16.5. The maximum absolute atomic E-state index is 12.0. The lowest BCUT2D eigenvalue weighted by Crippen LogP contribution is -2.22. The second-order valence-electron chi connectivity index (χ2n) is 5.96. The highest BCUT2D eigenvalue weighted by Crippen LogP contribution is 2.40. The van der Waals surface area contributed by atoms with Crippen molar-refractivity contribution in [2.24, 2.45) is 0 Å². The third kappa shape index (κ3) is 4.79. The van der Waals surface area contributed by atoms with Gasteiger partial charge < -0.3 is 19.5 Å². The van der Waals surface area contributed by atoms with Gasteiger partial charge in [-0.15, -0.1) is 0 Å². The van der Waals surface area contributed by atoms with E-state index in [0.717, 1.165) is 18.4 Å². The molecule has 5 nitrogen and oxygen atoms in total. The lowest BCUT2D eigenvalue weighted by atomic mass is 10.1. The lowest BCUT2D eigenvalue weighted by Gasteiger charge is -2.20. The number of rotatable bonds is 7. The van der Waals surface area contributed by atoms with E-state index in [0.29, 0.717) is 37.0 Å². The maximum atomic E-state index is 12.0. The Morgan fingerprint density at radius 2 is 2.00 bits per heavy atom. The minimum absolute atomic E-state index is 0.119. The summed E-state index contributed by atoms with van der Waals surface area (Å²) in [5.74, 6) is 1.73. The van der Waals surface area contributed by atoms with E-state index in [1.54, 1.807) is 13.2 Å². The number of nitrogens with one attached hydrogen (secondary N) is 1. The van der Waals surface area contributed by atoms with E-state index in [1.165, 1.54) is 11.6 Å². The molecule has 0 saturated carbocycles. The SMILES string of the molecule is COc1cc(C=CC(=O)NCCCc2ccccc2)cc2c1OCCO2. The van der Waals surface area contributed by atoms with E-state index in [4.69, 9.17) is 14.2 Å². The van der Waals surface area contributed by atoms with Crippen molar-refractivity contribution >= 4 is 12.0 Å². The molecule has 26 heavy (non-hydrogen) atoms. The molecule has 3 rings (SSSR count). The number of aryl methyl sites for hydroxylation is 1. The first-order valence-corrected chi connectivity index (χ1v) is 8.74. The van der Waals surface area contributed by atoms with E-state index in [1.807, 2.05) is 30.3 Å². The Morgan fingerprint density at radius 1 is 1.19 bits per heavy atom. The topological polar surface area (TPSA) is 56.8 Å². The summed E-state index contributed by atoms with van der Waals surface area (Å²) in [6, 6.07) is 13.9. The summed E-state index contributed by atoms with van der Waals surface area (Å²) in [5, 5.41) is 2.90. The van der Waals surface area contributed by atoms with E-state index < -0.39 is 0 Å². The van der Waals surface area contributed by atoms with Gasteiger partial charge in [-0.05, 0) is 42.2 Å². The van der Waals surface area contributed by atoms with Crippen molar-refractivity contribution in [3.05, 3.63) is 59.7 Å². The van der Waals surface area contributed by atoms with Gasteiger partial charge in [-0.3, -0.25) is 4.79 Å². The lowest BCUT2D eigenvalue weighted by molar-refractivity contribution is -0.116. The van der Waals surface area contributed by atoms with Gasteiger partial charge in [0.15, 0.2) is 11.5 Å². The monoisotopic (exact) mass is 353 g/mol. The van der Waals surface area contributed by atoms with Crippen LogP contribution in [0.3, 0.4) is 0 Å². The molecule has 0 aliphatic carbocycles. The molecule has 2 aromatic carbocycles. The number of hydrogen-bond donors (Lipinski definition) is 1. The van der Waals surface area contributed by atoms with E-state index in [9.17, 15) is 4.79 Å². The van der Waals surface area contributed by atoms with Gasteiger partial charge in [0, 0.05) is 12.6 Å².